The number of allylic oxidation sites excluding steroid dienone is 3. The first-order valence-electron chi connectivity index (χ1n) is 11.1. The Morgan fingerprint density at radius 1 is 1.35 bits per heavy atom. The number of aliphatic carboxylic acids is 1. The van der Waals surface area contributed by atoms with Crippen molar-refractivity contribution in [3.05, 3.63) is 58.1 Å². The van der Waals surface area contributed by atoms with Crippen molar-refractivity contribution in [1.82, 2.24) is 0 Å². The predicted molar refractivity (Wildman–Crippen MR) is 132 cm³/mol. The molecule has 1 aliphatic carbocycles. The molecule has 1 unspecified atom stereocenters. The maximum absolute atomic E-state index is 10.6. The second kappa shape index (κ2) is 13.1. The van der Waals surface area contributed by atoms with Gasteiger partial charge in [-0.05, 0) is 0 Å². The van der Waals surface area contributed by atoms with E-state index < -0.39 is 18.2 Å². The zero-order valence-electron chi connectivity index (χ0n) is 18.3. The maximum atomic E-state index is 10.6. The number of aryl methyl sites for hydroxylation is 2. The molecule has 3 N–H and O–H groups in total. The van der Waals surface area contributed by atoms with Crippen LogP contribution < -0.4 is 0 Å². The molecule has 0 spiro atoms. The van der Waals surface area contributed by atoms with E-state index in [0.29, 0.717) is 19.3 Å². The van der Waals surface area contributed by atoms with Gasteiger partial charge in [-0.1, -0.05) is 15.9 Å². The van der Waals surface area contributed by atoms with Crippen LogP contribution in [-0.4, -0.2) is 47.0 Å². The van der Waals surface area contributed by atoms with Crippen LogP contribution in [0.25, 0.3) is 0 Å². The number of unbranched alkanes of at least 4 members (excludes halogenated alkanes) is 1. The van der Waals surface area contributed by atoms with Crippen molar-refractivity contribution >= 4 is 35.4 Å². The quantitative estimate of drug-likeness (QED) is 0.235. The Morgan fingerprint density at radius 2 is 2.13 bits per heavy atom. The zero-order valence-corrected chi connectivity index (χ0v) is 19.9. The van der Waals surface area contributed by atoms with Gasteiger partial charge in [0.1, 0.15) is 0 Å². The van der Waals surface area contributed by atoms with Gasteiger partial charge in [-0.25, -0.2) is 0 Å². The van der Waals surface area contributed by atoms with Gasteiger partial charge in [-0.2, -0.15) is 0 Å². The van der Waals surface area contributed by atoms with Gasteiger partial charge in [-0.3, -0.25) is 0 Å². The van der Waals surface area contributed by atoms with Crippen molar-refractivity contribution in [1.29, 1.82) is 0 Å². The summed E-state index contributed by atoms with van der Waals surface area (Å²) in [6.07, 6.45) is 11.5. The second-order valence-electron chi connectivity index (χ2n) is 8.51. The van der Waals surface area contributed by atoms with Crippen molar-refractivity contribution in [2.24, 2.45) is 17.8 Å². The number of carboxylic acids is 1. The Balaban J connectivity index is 1.90. The first kappa shape index (κ1) is 25.8. The molecule has 0 amide bonds. The van der Waals surface area contributed by atoms with Crippen LogP contribution in [-0.2, 0) is 11.2 Å². The number of hydrogen-bond donors (Lipinski definition) is 3. The normalized spacial score (nSPS) is 24.7. The van der Waals surface area contributed by atoms with Gasteiger partial charge in [0.2, 0.25) is 0 Å². The standard InChI is InChI=1S/C25H34BBrO4/c1-17-14-18(9-13-23(17)27)8-10-20(28)11-12-21-19(16-26)15-24(29)22(21)6-4-2-3-5-7-25(30)31/h2,4,9,11-14,16,19-22,24,26,28-29H,3,5-8,10,15H2,1H3,(H,30,31)/b4-2-,12-11+/t19-,20-,21-,22+,24?/m0/s1. The van der Waals surface area contributed by atoms with Gasteiger partial charge in [0, 0.05) is 0 Å². The van der Waals surface area contributed by atoms with Crippen LogP contribution in [0.2, 0.25) is 0 Å². The third-order valence-electron chi connectivity index (χ3n) is 6.14. The van der Waals surface area contributed by atoms with Gasteiger partial charge < -0.3 is 0 Å². The minimum absolute atomic E-state index is 0.0799. The summed E-state index contributed by atoms with van der Waals surface area (Å²) in [7, 11) is 3.93. The fourth-order valence-electron chi connectivity index (χ4n) is 4.31. The van der Waals surface area contributed by atoms with Crippen LogP contribution in [0.15, 0.2) is 47.0 Å². The Morgan fingerprint density at radius 3 is 2.81 bits per heavy atom. The van der Waals surface area contributed by atoms with E-state index in [1.165, 1.54) is 11.1 Å². The number of rotatable bonds is 12. The van der Waals surface area contributed by atoms with Crippen LogP contribution in [0.4, 0.5) is 0 Å². The molecule has 0 heterocycles. The summed E-state index contributed by atoms with van der Waals surface area (Å²) in [6, 6.07) is 6.26. The Hall–Kier alpha value is -1.50. The van der Waals surface area contributed by atoms with Crippen molar-refractivity contribution < 1.29 is 20.1 Å². The van der Waals surface area contributed by atoms with Gasteiger partial charge in [0.25, 0.3) is 0 Å². The summed E-state index contributed by atoms with van der Waals surface area (Å²) in [5.41, 5.74) is 2.40. The van der Waals surface area contributed by atoms with Crippen molar-refractivity contribution in [2.45, 2.75) is 64.1 Å². The van der Waals surface area contributed by atoms with Crippen molar-refractivity contribution in [3.63, 3.8) is 0 Å². The first-order valence-corrected chi connectivity index (χ1v) is 11.9. The molecule has 1 aromatic rings. The molecular formula is C25H34BBrO4. The first-order chi connectivity index (χ1) is 14.8. The molecule has 0 aliphatic heterocycles. The molecular weight excluding hydrogens is 455 g/mol. The van der Waals surface area contributed by atoms with Gasteiger partial charge in [-0.15, -0.1) is 0 Å². The van der Waals surface area contributed by atoms with E-state index in [-0.39, 0.29) is 24.2 Å². The number of carbonyl (C=O) groups is 1. The molecule has 6 heteroatoms. The van der Waals surface area contributed by atoms with Crippen molar-refractivity contribution in [2.75, 3.05) is 0 Å². The molecule has 0 saturated heterocycles. The molecule has 5 atom stereocenters. The fourth-order valence-corrected chi connectivity index (χ4v) is 4.56. The second-order valence-corrected chi connectivity index (χ2v) is 9.37. The number of aliphatic hydroxyl groups is 2. The third-order valence-corrected chi connectivity index (χ3v) is 7.03. The SMILES string of the molecule is B=C[C@@H]1CC(O)[C@H](C/C=C\CCCC(=O)O)[C@H]1/C=C/[C@@H](O)CCc1ccc(Br)c(C)c1. The summed E-state index contributed by atoms with van der Waals surface area (Å²) in [6.45, 7) is 2.06. The van der Waals surface area contributed by atoms with Gasteiger partial charge in [0.05, 0.1) is 0 Å². The van der Waals surface area contributed by atoms with E-state index in [9.17, 15) is 15.0 Å². The molecule has 1 saturated carbocycles. The number of hydrogen-bond acceptors (Lipinski definition) is 3. The summed E-state index contributed by atoms with van der Waals surface area (Å²) in [4.78, 5) is 10.6. The predicted octanol–water partition coefficient (Wildman–Crippen LogP) is 4.12. The summed E-state index contributed by atoms with van der Waals surface area (Å²) in [5, 5.41) is 29.7. The Kier molecular flexibility index (Phi) is 10.9. The van der Waals surface area contributed by atoms with Crippen LogP contribution in [0.3, 0.4) is 0 Å². The van der Waals surface area contributed by atoms with Crippen LogP contribution >= 0.6 is 15.9 Å². The van der Waals surface area contributed by atoms with Crippen LogP contribution in [0.5, 0.6) is 0 Å². The average Bonchev–Trinajstić information content (AvgIpc) is 3.04. The van der Waals surface area contributed by atoms with Gasteiger partial charge in [0.15, 0.2) is 0 Å². The van der Waals surface area contributed by atoms with E-state index >= 15 is 0 Å². The van der Waals surface area contributed by atoms with Crippen LogP contribution in [0, 0.1) is 24.7 Å². The zero-order chi connectivity index (χ0) is 22.8. The average molecular weight is 489 g/mol. The molecule has 31 heavy (non-hydrogen) atoms. The Labute approximate surface area is 195 Å². The Bertz CT molecular complexity index is 792. The minimum atomic E-state index is -0.771. The van der Waals surface area contributed by atoms with Gasteiger partial charge >= 0.3 is 179 Å². The number of halogens is 1. The third kappa shape index (κ3) is 8.51. The van der Waals surface area contributed by atoms with E-state index in [0.717, 1.165) is 23.7 Å². The molecule has 4 nitrogen and oxygen atoms in total. The molecule has 0 radical (unpaired) electrons. The molecule has 0 bridgehead atoms. The molecule has 1 aromatic carbocycles. The monoisotopic (exact) mass is 488 g/mol. The summed E-state index contributed by atoms with van der Waals surface area (Å²) < 4.78 is 1.09. The molecule has 1 aliphatic rings. The molecule has 0 aromatic heterocycles. The van der Waals surface area contributed by atoms with Crippen molar-refractivity contribution in [3.8, 4) is 0 Å². The van der Waals surface area contributed by atoms with E-state index in [1.54, 1.807) is 0 Å². The fraction of sp³-hybridized carbons (Fsp3) is 0.520. The van der Waals surface area contributed by atoms with E-state index in [4.69, 9.17) is 5.11 Å². The van der Waals surface area contributed by atoms with Crippen LogP contribution in [0.1, 0.15) is 49.7 Å². The molecule has 168 valence electrons. The summed E-state index contributed by atoms with van der Waals surface area (Å²) >= 11 is 3.51. The molecule has 1 fully saturated rings. The number of benzene rings is 1. The number of aliphatic hydroxyl groups excluding tert-OH is 2. The molecule has 2 rings (SSSR count). The summed E-state index contributed by atoms with van der Waals surface area (Å²) in [5.74, 6) is 1.55. The van der Waals surface area contributed by atoms with E-state index in [1.807, 2.05) is 30.3 Å². The van der Waals surface area contributed by atoms with E-state index in [2.05, 4.69) is 48.6 Å². The number of carboxylic acid groups (broad SMARTS) is 1. The topological polar surface area (TPSA) is 77.8 Å².